The minimum absolute atomic E-state index is 0.730. The van der Waals surface area contributed by atoms with Crippen molar-refractivity contribution in [3.8, 4) is 0 Å². The molecule has 1 aliphatic rings. The van der Waals surface area contributed by atoms with Gasteiger partial charge in [-0.05, 0) is 43.5 Å². The van der Waals surface area contributed by atoms with E-state index in [1.807, 2.05) is 19.9 Å². The Morgan fingerprint density at radius 2 is 2.07 bits per heavy atom. The first-order valence-electron chi connectivity index (χ1n) is 5.13. The third-order valence-electron chi connectivity index (χ3n) is 2.80. The maximum Gasteiger partial charge on any atom is 0.0840 e. The lowest BCUT2D eigenvalue weighted by molar-refractivity contribution is 0.0785. The van der Waals surface area contributed by atoms with Crippen LogP contribution in [0.5, 0.6) is 0 Å². The Kier molecular flexibility index (Phi) is 2.33. The fourth-order valence-corrected chi connectivity index (χ4v) is 1.86. The van der Waals surface area contributed by atoms with Gasteiger partial charge in [0.15, 0.2) is 0 Å². The first-order valence-corrected chi connectivity index (χ1v) is 5.13. The topological polar surface area (TPSA) is 32.3 Å². The van der Waals surface area contributed by atoms with E-state index in [9.17, 15) is 5.11 Å². The molecule has 0 aliphatic carbocycles. The average molecular weight is 191 g/mol. The van der Waals surface area contributed by atoms with E-state index in [1.54, 1.807) is 0 Å². The summed E-state index contributed by atoms with van der Waals surface area (Å²) < 4.78 is 0. The summed E-state index contributed by atoms with van der Waals surface area (Å²) in [5.74, 6) is 0. The molecule has 14 heavy (non-hydrogen) atoms. The van der Waals surface area contributed by atoms with E-state index in [4.69, 9.17) is 0 Å². The molecule has 1 aromatic rings. The lowest BCUT2D eigenvalue weighted by Crippen LogP contribution is -2.25. The highest BCUT2D eigenvalue weighted by atomic mass is 16.3. The standard InChI is InChI=1S/C12H17NO/c1-12(2,14)11-4-3-9-5-6-13-8-10(9)7-11/h3-4,7,13-14H,5-6,8H2,1-2H3. The molecule has 0 bridgehead atoms. The van der Waals surface area contributed by atoms with Crippen LogP contribution in [0.2, 0.25) is 0 Å². The molecule has 2 N–H and O–H groups in total. The van der Waals surface area contributed by atoms with Crippen LogP contribution in [-0.2, 0) is 18.6 Å². The van der Waals surface area contributed by atoms with Crippen molar-refractivity contribution in [1.29, 1.82) is 0 Å². The summed E-state index contributed by atoms with van der Waals surface area (Å²) in [7, 11) is 0. The molecule has 0 saturated carbocycles. The Morgan fingerprint density at radius 3 is 2.79 bits per heavy atom. The second-order valence-electron chi connectivity index (χ2n) is 4.47. The molecular weight excluding hydrogens is 174 g/mol. The van der Waals surface area contributed by atoms with Crippen LogP contribution in [-0.4, -0.2) is 11.7 Å². The van der Waals surface area contributed by atoms with Gasteiger partial charge in [0.1, 0.15) is 0 Å². The van der Waals surface area contributed by atoms with Gasteiger partial charge in [-0.15, -0.1) is 0 Å². The molecule has 1 aliphatic heterocycles. The van der Waals surface area contributed by atoms with Gasteiger partial charge >= 0.3 is 0 Å². The zero-order valence-corrected chi connectivity index (χ0v) is 8.80. The molecule has 0 atom stereocenters. The summed E-state index contributed by atoms with van der Waals surface area (Å²) in [6.07, 6.45) is 1.10. The molecule has 0 fully saturated rings. The SMILES string of the molecule is CC(C)(O)c1ccc2c(c1)CNCC2. The highest BCUT2D eigenvalue weighted by Crippen LogP contribution is 2.23. The Balaban J connectivity index is 2.39. The van der Waals surface area contributed by atoms with Gasteiger partial charge in [-0.3, -0.25) is 0 Å². The molecule has 2 nitrogen and oxygen atoms in total. The highest BCUT2D eigenvalue weighted by Gasteiger charge is 2.18. The number of benzene rings is 1. The average Bonchev–Trinajstić information content (AvgIpc) is 2.16. The Hall–Kier alpha value is -0.860. The van der Waals surface area contributed by atoms with Crippen LogP contribution in [0, 0.1) is 0 Å². The first kappa shape index (κ1) is 9.69. The number of rotatable bonds is 1. The molecule has 2 heteroatoms. The number of hydrogen-bond donors (Lipinski definition) is 2. The predicted octanol–water partition coefficient (Wildman–Crippen LogP) is 1.56. The predicted molar refractivity (Wildman–Crippen MR) is 57.1 cm³/mol. The Labute approximate surface area is 85.0 Å². The molecule has 0 unspecified atom stereocenters. The van der Waals surface area contributed by atoms with E-state index in [-0.39, 0.29) is 0 Å². The van der Waals surface area contributed by atoms with E-state index < -0.39 is 5.60 Å². The van der Waals surface area contributed by atoms with Crippen LogP contribution >= 0.6 is 0 Å². The third-order valence-corrected chi connectivity index (χ3v) is 2.80. The van der Waals surface area contributed by atoms with Crippen LogP contribution in [0.15, 0.2) is 18.2 Å². The van der Waals surface area contributed by atoms with Gasteiger partial charge in [-0.2, -0.15) is 0 Å². The van der Waals surface area contributed by atoms with Crippen LogP contribution < -0.4 is 5.32 Å². The molecule has 2 rings (SSSR count). The summed E-state index contributed by atoms with van der Waals surface area (Å²) >= 11 is 0. The minimum Gasteiger partial charge on any atom is -0.386 e. The second kappa shape index (κ2) is 3.37. The van der Waals surface area contributed by atoms with Gasteiger partial charge in [0.2, 0.25) is 0 Å². The van der Waals surface area contributed by atoms with Gasteiger partial charge in [-0.25, -0.2) is 0 Å². The van der Waals surface area contributed by atoms with Gasteiger partial charge in [-0.1, -0.05) is 18.2 Å². The lowest BCUT2D eigenvalue weighted by atomic mass is 9.92. The number of nitrogens with one attached hydrogen (secondary N) is 1. The van der Waals surface area contributed by atoms with E-state index in [0.717, 1.165) is 25.1 Å². The third kappa shape index (κ3) is 1.81. The van der Waals surface area contributed by atoms with Crippen molar-refractivity contribution in [2.75, 3.05) is 6.54 Å². The van der Waals surface area contributed by atoms with E-state index in [1.165, 1.54) is 11.1 Å². The minimum atomic E-state index is -0.730. The smallest absolute Gasteiger partial charge is 0.0840 e. The molecule has 0 saturated heterocycles. The number of fused-ring (bicyclic) bond motifs is 1. The van der Waals surface area contributed by atoms with Crippen molar-refractivity contribution < 1.29 is 5.11 Å². The molecule has 0 amide bonds. The van der Waals surface area contributed by atoms with Crippen molar-refractivity contribution in [1.82, 2.24) is 5.32 Å². The van der Waals surface area contributed by atoms with E-state index >= 15 is 0 Å². The molecule has 1 heterocycles. The molecule has 76 valence electrons. The maximum atomic E-state index is 9.87. The summed E-state index contributed by atoms with van der Waals surface area (Å²) in [6, 6.07) is 6.29. The largest absolute Gasteiger partial charge is 0.386 e. The van der Waals surface area contributed by atoms with E-state index in [2.05, 4.69) is 17.4 Å². The molecule has 0 aromatic heterocycles. The highest BCUT2D eigenvalue weighted by molar-refractivity contribution is 5.35. The van der Waals surface area contributed by atoms with Crippen molar-refractivity contribution in [2.24, 2.45) is 0 Å². The second-order valence-corrected chi connectivity index (χ2v) is 4.47. The van der Waals surface area contributed by atoms with Crippen LogP contribution in [0.25, 0.3) is 0 Å². The Morgan fingerprint density at radius 1 is 1.29 bits per heavy atom. The Bertz CT molecular complexity index is 339. The zero-order chi connectivity index (χ0) is 10.2. The number of hydrogen-bond acceptors (Lipinski definition) is 2. The normalized spacial score (nSPS) is 16.5. The molecular formula is C12H17NO. The van der Waals surface area contributed by atoms with Crippen LogP contribution in [0.4, 0.5) is 0 Å². The van der Waals surface area contributed by atoms with Gasteiger partial charge < -0.3 is 10.4 Å². The van der Waals surface area contributed by atoms with Crippen molar-refractivity contribution in [2.45, 2.75) is 32.4 Å². The van der Waals surface area contributed by atoms with Gasteiger partial charge in [0, 0.05) is 6.54 Å². The van der Waals surface area contributed by atoms with Crippen molar-refractivity contribution in [3.63, 3.8) is 0 Å². The quantitative estimate of drug-likeness (QED) is 0.706. The van der Waals surface area contributed by atoms with E-state index in [0.29, 0.717) is 0 Å². The fraction of sp³-hybridized carbons (Fsp3) is 0.500. The molecule has 1 aromatic carbocycles. The summed E-state index contributed by atoms with van der Waals surface area (Å²) in [5.41, 5.74) is 3.01. The zero-order valence-electron chi connectivity index (χ0n) is 8.80. The lowest BCUT2D eigenvalue weighted by Gasteiger charge is -2.22. The summed E-state index contributed by atoms with van der Waals surface area (Å²) in [6.45, 7) is 5.64. The fourth-order valence-electron chi connectivity index (χ4n) is 1.86. The monoisotopic (exact) mass is 191 g/mol. The number of aliphatic hydroxyl groups is 1. The van der Waals surface area contributed by atoms with Gasteiger partial charge in [0.05, 0.1) is 5.60 Å². The molecule has 0 spiro atoms. The van der Waals surface area contributed by atoms with Gasteiger partial charge in [0.25, 0.3) is 0 Å². The van der Waals surface area contributed by atoms with Crippen LogP contribution in [0.3, 0.4) is 0 Å². The first-order chi connectivity index (χ1) is 6.57. The maximum absolute atomic E-state index is 9.87. The summed E-state index contributed by atoms with van der Waals surface area (Å²) in [5, 5.41) is 13.2. The van der Waals surface area contributed by atoms with Crippen molar-refractivity contribution >= 4 is 0 Å². The molecule has 0 radical (unpaired) electrons. The van der Waals surface area contributed by atoms with Crippen LogP contribution in [0.1, 0.15) is 30.5 Å². The van der Waals surface area contributed by atoms with Crippen molar-refractivity contribution in [3.05, 3.63) is 34.9 Å². The summed E-state index contributed by atoms with van der Waals surface area (Å²) in [4.78, 5) is 0.